The third kappa shape index (κ3) is 1.52. The van der Waals surface area contributed by atoms with Crippen molar-refractivity contribution in [1.82, 2.24) is 14.8 Å². The molecule has 1 heterocycles. The molecule has 0 saturated heterocycles. The Morgan fingerprint density at radius 2 is 2.00 bits per heavy atom. The Balaban J connectivity index is 2.47. The lowest BCUT2D eigenvalue weighted by molar-refractivity contribution is 0.715. The molecule has 14 heavy (non-hydrogen) atoms. The van der Waals surface area contributed by atoms with Crippen LogP contribution in [0.25, 0.3) is 5.69 Å². The molecule has 0 bridgehead atoms. The highest BCUT2D eigenvalue weighted by atomic mass is 15.3. The molecule has 0 radical (unpaired) electrons. The quantitative estimate of drug-likeness (QED) is 0.772. The van der Waals surface area contributed by atoms with E-state index < -0.39 is 0 Å². The van der Waals surface area contributed by atoms with Crippen LogP contribution in [0.2, 0.25) is 0 Å². The molecule has 0 aliphatic heterocycles. The summed E-state index contributed by atoms with van der Waals surface area (Å²) in [6.07, 6.45) is 1.67. The molecule has 1 aromatic carbocycles. The highest BCUT2D eigenvalue weighted by Gasteiger charge is 2.09. The predicted molar refractivity (Wildman–Crippen MR) is 54.0 cm³/mol. The standard InChI is InChI=1S/C10H12N4/c1-8(11)10-13-12-7-14(10)9-5-3-2-4-6-9/h2-8H,11H2,1H3/t8-/m1/s1. The first kappa shape index (κ1) is 8.90. The largest absolute Gasteiger partial charge is 0.322 e. The van der Waals surface area contributed by atoms with E-state index in [-0.39, 0.29) is 6.04 Å². The lowest BCUT2D eigenvalue weighted by atomic mass is 10.3. The molecule has 0 amide bonds. The van der Waals surface area contributed by atoms with E-state index in [1.165, 1.54) is 0 Å². The first-order valence-electron chi connectivity index (χ1n) is 4.50. The van der Waals surface area contributed by atoms with Crippen LogP contribution in [0.15, 0.2) is 36.7 Å². The van der Waals surface area contributed by atoms with Gasteiger partial charge in [-0.15, -0.1) is 10.2 Å². The van der Waals surface area contributed by atoms with Crippen molar-refractivity contribution in [2.24, 2.45) is 5.73 Å². The number of hydrogen-bond acceptors (Lipinski definition) is 3. The number of hydrogen-bond donors (Lipinski definition) is 1. The van der Waals surface area contributed by atoms with Crippen LogP contribution in [0, 0.1) is 0 Å². The molecule has 4 nitrogen and oxygen atoms in total. The molecule has 0 aliphatic rings. The molecule has 0 saturated carbocycles. The molecule has 2 rings (SSSR count). The first-order valence-corrected chi connectivity index (χ1v) is 4.50. The van der Waals surface area contributed by atoms with Gasteiger partial charge in [0.1, 0.15) is 6.33 Å². The lowest BCUT2D eigenvalue weighted by Gasteiger charge is -2.07. The van der Waals surface area contributed by atoms with Crippen LogP contribution in [0.1, 0.15) is 18.8 Å². The number of para-hydroxylation sites is 1. The summed E-state index contributed by atoms with van der Waals surface area (Å²) in [6.45, 7) is 1.89. The molecule has 4 heteroatoms. The lowest BCUT2D eigenvalue weighted by Crippen LogP contribution is -2.12. The minimum atomic E-state index is -0.113. The van der Waals surface area contributed by atoms with Crippen LogP contribution in [0.4, 0.5) is 0 Å². The Morgan fingerprint density at radius 1 is 1.29 bits per heavy atom. The fourth-order valence-electron chi connectivity index (χ4n) is 1.34. The number of aromatic nitrogens is 3. The van der Waals surface area contributed by atoms with Crippen LogP contribution in [0.5, 0.6) is 0 Å². The first-order chi connectivity index (χ1) is 6.79. The normalized spacial score (nSPS) is 12.7. The Hall–Kier alpha value is -1.68. The van der Waals surface area contributed by atoms with Gasteiger partial charge in [0.25, 0.3) is 0 Å². The van der Waals surface area contributed by atoms with Gasteiger partial charge >= 0.3 is 0 Å². The van der Waals surface area contributed by atoms with E-state index in [4.69, 9.17) is 5.73 Å². The Labute approximate surface area is 82.4 Å². The molecular weight excluding hydrogens is 176 g/mol. The van der Waals surface area contributed by atoms with Crippen molar-refractivity contribution in [2.45, 2.75) is 13.0 Å². The van der Waals surface area contributed by atoms with Gasteiger partial charge in [0.05, 0.1) is 6.04 Å². The number of benzene rings is 1. The van der Waals surface area contributed by atoms with Crippen LogP contribution in [-0.2, 0) is 0 Å². The van der Waals surface area contributed by atoms with Gasteiger partial charge in [0.2, 0.25) is 0 Å². The average Bonchev–Trinajstić information content (AvgIpc) is 2.67. The van der Waals surface area contributed by atoms with Crippen LogP contribution >= 0.6 is 0 Å². The second kappa shape index (κ2) is 3.59. The molecule has 1 atom stereocenters. The van der Waals surface area contributed by atoms with E-state index in [1.54, 1.807) is 6.33 Å². The molecule has 0 fully saturated rings. The third-order valence-corrected chi connectivity index (χ3v) is 2.02. The van der Waals surface area contributed by atoms with E-state index in [2.05, 4.69) is 10.2 Å². The summed E-state index contributed by atoms with van der Waals surface area (Å²) in [6, 6.07) is 9.79. The van der Waals surface area contributed by atoms with Gasteiger partial charge in [0, 0.05) is 5.69 Å². The van der Waals surface area contributed by atoms with Gasteiger partial charge in [-0.3, -0.25) is 4.57 Å². The Morgan fingerprint density at radius 3 is 2.64 bits per heavy atom. The topological polar surface area (TPSA) is 56.7 Å². The fraction of sp³-hybridized carbons (Fsp3) is 0.200. The highest BCUT2D eigenvalue weighted by molar-refractivity contribution is 5.32. The summed E-state index contributed by atoms with van der Waals surface area (Å²) in [7, 11) is 0. The van der Waals surface area contributed by atoms with Crippen LogP contribution in [0.3, 0.4) is 0 Å². The van der Waals surface area contributed by atoms with Crippen molar-refractivity contribution in [3.63, 3.8) is 0 Å². The molecule has 72 valence electrons. The zero-order chi connectivity index (χ0) is 9.97. The zero-order valence-corrected chi connectivity index (χ0v) is 7.96. The molecule has 1 aromatic heterocycles. The summed E-state index contributed by atoms with van der Waals surface area (Å²) in [5, 5.41) is 7.83. The molecule has 0 unspecified atom stereocenters. The van der Waals surface area contributed by atoms with E-state index in [1.807, 2.05) is 41.8 Å². The maximum absolute atomic E-state index is 5.77. The van der Waals surface area contributed by atoms with Crippen LogP contribution < -0.4 is 5.73 Å². The number of nitrogens with two attached hydrogens (primary N) is 1. The van der Waals surface area contributed by atoms with Gasteiger partial charge in [0.15, 0.2) is 5.82 Å². The molecule has 0 spiro atoms. The van der Waals surface area contributed by atoms with E-state index in [0.717, 1.165) is 11.5 Å². The van der Waals surface area contributed by atoms with Gasteiger partial charge in [-0.05, 0) is 19.1 Å². The molecular formula is C10H12N4. The van der Waals surface area contributed by atoms with Crippen molar-refractivity contribution in [1.29, 1.82) is 0 Å². The molecule has 2 aromatic rings. The number of rotatable bonds is 2. The highest BCUT2D eigenvalue weighted by Crippen LogP contribution is 2.12. The maximum atomic E-state index is 5.77. The monoisotopic (exact) mass is 188 g/mol. The third-order valence-electron chi connectivity index (χ3n) is 2.02. The van der Waals surface area contributed by atoms with Gasteiger partial charge in [-0.2, -0.15) is 0 Å². The molecule has 0 aliphatic carbocycles. The van der Waals surface area contributed by atoms with E-state index >= 15 is 0 Å². The summed E-state index contributed by atoms with van der Waals surface area (Å²) >= 11 is 0. The van der Waals surface area contributed by atoms with Gasteiger partial charge in [-0.25, -0.2) is 0 Å². The van der Waals surface area contributed by atoms with Gasteiger partial charge < -0.3 is 5.73 Å². The minimum Gasteiger partial charge on any atom is -0.322 e. The smallest absolute Gasteiger partial charge is 0.154 e. The minimum absolute atomic E-state index is 0.113. The van der Waals surface area contributed by atoms with E-state index in [9.17, 15) is 0 Å². The summed E-state index contributed by atoms with van der Waals surface area (Å²) < 4.78 is 1.89. The molecule has 2 N–H and O–H groups in total. The predicted octanol–water partition coefficient (Wildman–Crippen LogP) is 1.29. The SMILES string of the molecule is C[C@@H](N)c1nncn1-c1ccccc1. The van der Waals surface area contributed by atoms with Crippen molar-refractivity contribution in [3.05, 3.63) is 42.5 Å². The van der Waals surface area contributed by atoms with Crippen molar-refractivity contribution in [2.75, 3.05) is 0 Å². The van der Waals surface area contributed by atoms with Crippen LogP contribution in [-0.4, -0.2) is 14.8 Å². The van der Waals surface area contributed by atoms with Crippen molar-refractivity contribution < 1.29 is 0 Å². The average molecular weight is 188 g/mol. The second-order valence-electron chi connectivity index (χ2n) is 3.18. The van der Waals surface area contributed by atoms with Crippen molar-refractivity contribution >= 4 is 0 Å². The number of nitrogens with zero attached hydrogens (tertiary/aromatic N) is 3. The summed E-state index contributed by atoms with van der Waals surface area (Å²) in [5.74, 6) is 0.774. The summed E-state index contributed by atoms with van der Waals surface area (Å²) in [5.41, 5.74) is 6.81. The zero-order valence-electron chi connectivity index (χ0n) is 7.96. The Kier molecular flexibility index (Phi) is 2.28. The summed E-state index contributed by atoms with van der Waals surface area (Å²) in [4.78, 5) is 0. The fourth-order valence-corrected chi connectivity index (χ4v) is 1.34. The maximum Gasteiger partial charge on any atom is 0.154 e. The Bertz CT molecular complexity index is 405. The second-order valence-corrected chi connectivity index (χ2v) is 3.18. The van der Waals surface area contributed by atoms with Gasteiger partial charge in [-0.1, -0.05) is 18.2 Å². The van der Waals surface area contributed by atoms with E-state index in [0.29, 0.717) is 0 Å². The van der Waals surface area contributed by atoms with Crippen molar-refractivity contribution in [3.8, 4) is 5.69 Å².